The van der Waals surface area contributed by atoms with Gasteiger partial charge in [0.1, 0.15) is 5.82 Å². The summed E-state index contributed by atoms with van der Waals surface area (Å²) >= 11 is 0. The van der Waals surface area contributed by atoms with Crippen LogP contribution >= 0.6 is 0 Å². The first-order chi connectivity index (χ1) is 13.5. The highest BCUT2D eigenvalue weighted by atomic mass is 32.2. The van der Waals surface area contributed by atoms with Crippen LogP contribution in [-0.2, 0) is 27.8 Å². The van der Waals surface area contributed by atoms with Crippen LogP contribution in [0.5, 0.6) is 0 Å². The summed E-state index contributed by atoms with van der Waals surface area (Å²) in [5, 5.41) is 5.89. The van der Waals surface area contributed by atoms with Crippen molar-refractivity contribution in [3.8, 4) is 0 Å². The molecule has 0 unspecified atom stereocenters. The fraction of sp³-hybridized carbons (Fsp3) is 0.105. The Labute approximate surface area is 162 Å². The summed E-state index contributed by atoms with van der Waals surface area (Å²) in [4.78, 5) is 19.6. The topological polar surface area (TPSA) is 113 Å². The molecule has 3 aromatic rings. The summed E-state index contributed by atoms with van der Waals surface area (Å²) < 4.78 is 27.7. The predicted octanol–water partition coefficient (Wildman–Crippen LogP) is 2.38. The number of carbonyl (C=O) groups excluding carboxylic acids is 1. The third-order valence-corrected chi connectivity index (χ3v) is 5.61. The number of pyridine rings is 2. The molecule has 142 valence electrons. The molecule has 1 amide bonds. The van der Waals surface area contributed by atoms with E-state index < -0.39 is 10.0 Å². The number of aromatic nitrogens is 2. The van der Waals surface area contributed by atoms with Gasteiger partial charge in [0, 0.05) is 24.6 Å². The maximum Gasteiger partial charge on any atom is 0.263 e. The van der Waals surface area contributed by atoms with Crippen molar-refractivity contribution in [3.63, 3.8) is 0 Å². The number of benzene rings is 1. The molecule has 1 aliphatic rings. The fourth-order valence-corrected chi connectivity index (χ4v) is 3.89. The molecule has 3 heterocycles. The summed E-state index contributed by atoms with van der Waals surface area (Å²) in [6.45, 7) is 0.608. The minimum absolute atomic E-state index is 0.0874. The Bertz CT molecular complexity index is 1120. The van der Waals surface area contributed by atoms with Crippen molar-refractivity contribution in [2.45, 2.75) is 17.9 Å². The Morgan fingerprint density at radius 2 is 1.89 bits per heavy atom. The van der Waals surface area contributed by atoms with Gasteiger partial charge >= 0.3 is 0 Å². The Morgan fingerprint density at radius 3 is 2.64 bits per heavy atom. The monoisotopic (exact) mass is 395 g/mol. The molecule has 0 atom stereocenters. The van der Waals surface area contributed by atoms with E-state index in [9.17, 15) is 13.2 Å². The number of hydrogen-bond acceptors (Lipinski definition) is 6. The van der Waals surface area contributed by atoms with Crippen molar-refractivity contribution in [1.82, 2.24) is 9.97 Å². The number of hydrogen-bond donors (Lipinski definition) is 3. The van der Waals surface area contributed by atoms with Crippen molar-refractivity contribution >= 4 is 33.1 Å². The lowest BCUT2D eigenvalue weighted by Gasteiger charge is -2.10. The van der Waals surface area contributed by atoms with Gasteiger partial charge in [0.05, 0.1) is 23.2 Å². The Morgan fingerprint density at radius 1 is 1.07 bits per heavy atom. The van der Waals surface area contributed by atoms with Gasteiger partial charge in [-0.05, 0) is 53.6 Å². The van der Waals surface area contributed by atoms with E-state index in [-0.39, 0.29) is 23.0 Å². The predicted molar refractivity (Wildman–Crippen MR) is 105 cm³/mol. The van der Waals surface area contributed by atoms with E-state index in [1.165, 1.54) is 12.1 Å². The molecular formula is C19H17N5O3S. The zero-order valence-electron chi connectivity index (χ0n) is 14.7. The molecule has 0 radical (unpaired) electrons. The second-order valence-electron chi connectivity index (χ2n) is 6.29. The Kier molecular flexibility index (Phi) is 4.66. The zero-order valence-corrected chi connectivity index (χ0v) is 15.5. The number of rotatable bonds is 6. The van der Waals surface area contributed by atoms with E-state index in [2.05, 4.69) is 25.3 Å². The first-order valence-electron chi connectivity index (χ1n) is 8.54. The van der Waals surface area contributed by atoms with E-state index in [1.54, 1.807) is 36.8 Å². The van der Waals surface area contributed by atoms with Crippen LogP contribution in [-0.4, -0.2) is 24.3 Å². The molecule has 1 aromatic carbocycles. The second-order valence-corrected chi connectivity index (χ2v) is 7.97. The summed E-state index contributed by atoms with van der Waals surface area (Å²) in [5.74, 6) is 0.0678. The molecule has 3 N–H and O–H groups in total. The van der Waals surface area contributed by atoms with E-state index in [0.717, 1.165) is 11.3 Å². The lowest BCUT2D eigenvalue weighted by Crippen LogP contribution is -2.14. The van der Waals surface area contributed by atoms with Crippen LogP contribution in [0.1, 0.15) is 11.1 Å². The van der Waals surface area contributed by atoms with Gasteiger partial charge in [-0.25, -0.2) is 13.4 Å². The summed E-state index contributed by atoms with van der Waals surface area (Å²) in [6, 6.07) is 11.7. The summed E-state index contributed by atoms with van der Waals surface area (Å²) in [6.07, 6.45) is 5.18. The smallest absolute Gasteiger partial charge is 0.263 e. The second kappa shape index (κ2) is 7.28. The van der Waals surface area contributed by atoms with Crippen molar-refractivity contribution in [2.24, 2.45) is 0 Å². The standard InChI is InChI=1S/C19H17N5O3S/c25-19-10-14-9-16(2-3-17(14)23-19)28(26,27)24-18-4-1-15(12-22-18)21-11-13-5-7-20-8-6-13/h1-9,12,21H,10-11H2,(H,22,24)(H,23,25). The van der Waals surface area contributed by atoms with Crippen molar-refractivity contribution < 1.29 is 13.2 Å². The minimum atomic E-state index is -3.80. The van der Waals surface area contributed by atoms with Crippen LogP contribution in [0.2, 0.25) is 0 Å². The fourth-order valence-electron chi connectivity index (χ4n) is 2.83. The average molecular weight is 395 g/mol. The summed E-state index contributed by atoms with van der Waals surface area (Å²) in [7, 11) is -3.80. The number of sulfonamides is 1. The molecule has 0 spiro atoms. The molecule has 0 aliphatic carbocycles. The van der Waals surface area contributed by atoms with Crippen LogP contribution in [0, 0.1) is 0 Å². The molecule has 4 rings (SSSR count). The van der Waals surface area contributed by atoms with E-state index in [1.807, 2.05) is 12.1 Å². The van der Waals surface area contributed by atoms with Crippen molar-refractivity contribution in [2.75, 3.05) is 15.4 Å². The molecule has 0 fully saturated rings. The number of fused-ring (bicyclic) bond motifs is 1. The van der Waals surface area contributed by atoms with Gasteiger partial charge in [0.25, 0.3) is 10.0 Å². The maximum atomic E-state index is 12.6. The number of carbonyl (C=O) groups is 1. The number of amides is 1. The SMILES string of the molecule is O=C1Cc2cc(S(=O)(=O)Nc3ccc(NCc4ccncc4)cn3)ccc2N1. The lowest BCUT2D eigenvalue weighted by molar-refractivity contribution is -0.115. The highest BCUT2D eigenvalue weighted by Crippen LogP contribution is 2.26. The lowest BCUT2D eigenvalue weighted by atomic mass is 10.2. The van der Waals surface area contributed by atoms with Crippen LogP contribution in [0.25, 0.3) is 0 Å². The molecule has 28 heavy (non-hydrogen) atoms. The number of nitrogens with one attached hydrogen (secondary N) is 3. The van der Waals surface area contributed by atoms with Gasteiger partial charge in [-0.1, -0.05) is 0 Å². The molecule has 1 aliphatic heterocycles. The van der Waals surface area contributed by atoms with E-state index >= 15 is 0 Å². The highest BCUT2D eigenvalue weighted by Gasteiger charge is 2.22. The molecular weight excluding hydrogens is 378 g/mol. The van der Waals surface area contributed by atoms with Crippen LogP contribution < -0.4 is 15.4 Å². The third kappa shape index (κ3) is 3.94. The van der Waals surface area contributed by atoms with E-state index in [0.29, 0.717) is 17.8 Å². The van der Waals surface area contributed by atoms with E-state index in [4.69, 9.17) is 0 Å². The minimum Gasteiger partial charge on any atom is -0.380 e. The van der Waals surface area contributed by atoms with Gasteiger partial charge in [-0.2, -0.15) is 0 Å². The Hall–Kier alpha value is -3.46. The van der Waals surface area contributed by atoms with Gasteiger partial charge in [-0.15, -0.1) is 0 Å². The van der Waals surface area contributed by atoms with Crippen molar-refractivity contribution in [3.05, 3.63) is 72.2 Å². The quantitative estimate of drug-likeness (QED) is 0.591. The van der Waals surface area contributed by atoms with Crippen LogP contribution in [0.4, 0.5) is 17.2 Å². The maximum absolute atomic E-state index is 12.6. The van der Waals surface area contributed by atoms with Gasteiger partial charge in [0.2, 0.25) is 5.91 Å². The third-order valence-electron chi connectivity index (χ3n) is 4.26. The van der Waals surface area contributed by atoms with Gasteiger partial charge in [-0.3, -0.25) is 14.5 Å². The summed E-state index contributed by atoms with van der Waals surface area (Å²) in [5.41, 5.74) is 3.15. The van der Waals surface area contributed by atoms with Crippen molar-refractivity contribution in [1.29, 1.82) is 0 Å². The zero-order chi connectivity index (χ0) is 19.6. The molecule has 8 nitrogen and oxygen atoms in total. The molecule has 0 saturated carbocycles. The highest BCUT2D eigenvalue weighted by molar-refractivity contribution is 7.92. The molecule has 9 heteroatoms. The average Bonchev–Trinajstić information content (AvgIpc) is 3.07. The largest absolute Gasteiger partial charge is 0.380 e. The van der Waals surface area contributed by atoms with Gasteiger partial charge in [0.15, 0.2) is 0 Å². The molecule has 0 bridgehead atoms. The molecule has 0 saturated heterocycles. The Balaban J connectivity index is 1.43. The number of anilines is 3. The van der Waals surface area contributed by atoms with Crippen LogP contribution in [0.3, 0.4) is 0 Å². The van der Waals surface area contributed by atoms with Crippen LogP contribution in [0.15, 0.2) is 66.0 Å². The first kappa shape index (κ1) is 17.9. The van der Waals surface area contributed by atoms with Gasteiger partial charge < -0.3 is 10.6 Å². The first-order valence-corrected chi connectivity index (χ1v) is 10.0. The normalized spacial score (nSPS) is 12.9. The molecule has 2 aromatic heterocycles. The number of nitrogens with zero attached hydrogens (tertiary/aromatic N) is 2.